The summed E-state index contributed by atoms with van der Waals surface area (Å²) in [6, 6.07) is 0. The van der Waals surface area contributed by atoms with E-state index in [0.717, 1.165) is 13.0 Å². The molecule has 1 aliphatic heterocycles. The Kier molecular flexibility index (Phi) is 5.77. The van der Waals surface area contributed by atoms with Gasteiger partial charge in [0.15, 0.2) is 0 Å². The minimum absolute atomic E-state index is 0.376. The van der Waals surface area contributed by atoms with Crippen molar-refractivity contribution in [2.24, 2.45) is 23.5 Å². The van der Waals surface area contributed by atoms with Crippen LogP contribution < -0.4 is 5.73 Å². The lowest BCUT2D eigenvalue weighted by atomic mass is 9.82. The van der Waals surface area contributed by atoms with E-state index >= 15 is 0 Å². The van der Waals surface area contributed by atoms with Crippen LogP contribution in [-0.2, 0) is 4.74 Å². The molecule has 0 spiro atoms. The Morgan fingerprint density at radius 2 is 1.81 bits per heavy atom. The van der Waals surface area contributed by atoms with E-state index in [-0.39, 0.29) is 0 Å². The first-order chi connectivity index (χ1) is 7.63. The second kappa shape index (κ2) is 6.61. The number of nitrogens with two attached hydrogens (primary N) is 1. The van der Waals surface area contributed by atoms with E-state index in [1.54, 1.807) is 0 Å². The van der Waals surface area contributed by atoms with Gasteiger partial charge in [-0.3, -0.25) is 0 Å². The van der Waals surface area contributed by atoms with Crippen molar-refractivity contribution in [3.63, 3.8) is 0 Å². The molecule has 0 saturated carbocycles. The van der Waals surface area contributed by atoms with Crippen LogP contribution in [-0.4, -0.2) is 18.8 Å². The standard InChI is InChI=1S/C14H29NO/c1-5-7-14-11(4)8-10(3)12(9-15)13(6-2)16-14/h10-14H,5-9,15H2,1-4H3. The average molecular weight is 227 g/mol. The molecule has 16 heavy (non-hydrogen) atoms. The van der Waals surface area contributed by atoms with Crippen LogP contribution in [0.2, 0.25) is 0 Å². The Hall–Kier alpha value is -0.0800. The van der Waals surface area contributed by atoms with E-state index in [2.05, 4.69) is 27.7 Å². The van der Waals surface area contributed by atoms with Crippen LogP contribution in [0.4, 0.5) is 0 Å². The lowest BCUT2D eigenvalue weighted by Gasteiger charge is -2.28. The van der Waals surface area contributed by atoms with Gasteiger partial charge in [-0.15, -0.1) is 0 Å². The molecule has 0 aromatic carbocycles. The summed E-state index contributed by atoms with van der Waals surface area (Å²) in [7, 11) is 0. The molecule has 1 saturated heterocycles. The van der Waals surface area contributed by atoms with Crippen LogP contribution in [0.1, 0.15) is 53.4 Å². The highest BCUT2D eigenvalue weighted by molar-refractivity contribution is 4.84. The van der Waals surface area contributed by atoms with Crippen LogP contribution in [0.25, 0.3) is 0 Å². The molecule has 1 heterocycles. The smallest absolute Gasteiger partial charge is 0.0619 e. The lowest BCUT2D eigenvalue weighted by molar-refractivity contribution is -0.0544. The molecule has 0 radical (unpaired) electrons. The second-order valence-corrected chi connectivity index (χ2v) is 5.50. The van der Waals surface area contributed by atoms with Crippen molar-refractivity contribution in [3.05, 3.63) is 0 Å². The van der Waals surface area contributed by atoms with Gasteiger partial charge in [0.2, 0.25) is 0 Å². The predicted molar refractivity (Wildman–Crippen MR) is 69.3 cm³/mol. The van der Waals surface area contributed by atoms with Gasteiger partial charge in [0, 0.05) is 0 Å². The molecule has 0 aromatic heterocycles. The highest BCUT2D eigenvalue weighted by Crippen LogP contribution is 2.34. The molecule has 0 bridgehead atoms. The van der Waals surface area contributed by atoms with Crippen LogP contribution in [0.15, 0.2) is 0 Å². The van der Waals surface area contributed by atoms with Gasteiger partial charge in [-0.25, -0.2) is 0 Å². The Labute approximate surface area is 101 Å². The van der Waals surface area contributed by atoms with Crippen molar-refractivity contribution < 1.29 is 4.74 Å². The van der Waals surface area contributed by atoms with E-state index in [0.29, 0.717) is 30.0 Å². The summed E-state index contributed by atoms with van der Waals surface area (Å²) in [5.74, 6) is 1.93. The third-order valence-corrected chi connectivity index (χ3v) is 4.18. The maximum absolute atomic E-state index is 6.31. The van der Waals surface area contributed by atoms with E-state index in [1.165, 1.54) is 19.3 Å². The zero-order valence-corrected chi connectivity index (χ0v) is 11.4. The van der Waals surface area contributed by atoms with Gasteiger partial charge in [0.1, 0.15) is 0 Å². The van der Waals surface area contributed by atoms with Gasteiger partial charge in [-0.1, -0.05) is 34.1 Å². The third kappa shape index (κ3) is 3.21. The van der Waals surface area contributed by atoms with Crippen LogP contribution in [0.5, 0.6) is 0 Å². The molecule has 0 aliphatic carbocycles. The average Bonchev–Trinajstić information content (AvgIpc) is 2.37. The van der Waals surface area contributed by atoms with Crippen molar-refractivity contribution in [1.29, 1.82) is 0 Å². The number of ether oxygens (including phenoxy) is 1. The predicted octanol–water partition coefficient (Wildman–Crippen LogP) is 3.20. The Bertz CT molecular complexity index is 195. The van der Waals surface area contributed by atoms with Crippen molar-refractivity contribution in [1.82, 2.24) is 0 Å². The fourth-order valence-corrected chi connectivity index (χ4v) is 3.16. The summed E-state index contributed by atoms with van der Waals surface area (Å²) < 4.78 is 6.31. The number of hydrogen-bond acceptors (Lipinski definition) is 2. The van der Waals surface area contributed by atoms with Crippen molar-refractivity contribution in [2.75, 3.05) is 6.54 Å². The third-order valence-electron chi connectivity index (χ3n) is 4.18. The van der Waals surface area contributed by atoms with Crippen molar-refractivity contribution in [2.45, 2.75) is 65.6 Å². The molecule has 96 valence electrons. The van der Waals surface area contributed by atoms with Crippen molar-refractivity contribution in [3.8, 4) is 0 Å². The second-order valence-electron chi connectivity index (χ2n) is 5.50. The summed E-state index contributed by atoms with van der Waals surface area (Å²) in [5, 5.41) is 0. The van der Waals surface area contributed by atoms with Gasteiger partial charge >= 0.3 is 0 Å². The molecule has 2 N–H and O–H groups in total. The normalized spacial score (nSPS) is 40.7. The summed E-state index contributed by atoms with van der Waals surface area (Å²) in [6.07, 6.45) is 5.60. The Morgan fingerprint density at radius 3 is 2.31 bits per heavy atom. The summed E-state index contributed by atoms with van der Waals surface area (Å²) >= 11 is 0. The fourth-order valence-electron chi connectivity index (χ4n) is 3.16. The van der Waals surface area contributed by atoms with E-state index in [1.807, 2.05) is 0 Å². The minimum Gasteiger partial charge on any atom is -0.374 e. The quantitative estimate of drug-likeness (QED) is 0.800. The molecular weight excluding hydrogens is 198 g/mol. The molecule has 5 unspecified atom stereocenters. The minimum atomic E-state index is 0.376. The molecule has 1 rings (SSSR count). The monoisotopic (exact) mass is 227 g/mol. The highest BCUT2D eigenvalue weighted by atomic mass is 16.5. The van der Waals surface area contributed by atoms with E-state index < -0.39 is 0 Å². The molecule has 0 amide bonds. The van der Waals surface area contributed by atoms with Crippen LogP contribution in [0.3, 0.4) is 0 Å². The maximum atomic E-state index is 6.31. The largest absolute Gasteiger partial charge is 0.374 e. The molecule has 1 aliphatic rings. The molecule has 2 heteroatoms. The lowest BCUT2D eigenvalue weighted by Crippen LogP contribution is -2.34. The first-order valence-electron chi connectivity index (χ1n) is 6.99. The molecule has 1 fully saturated rings. The van der Waals surface area contributed by atoms with E-state index in [9.17, 15) is 0 Å². The molecule has 5 atom stereocenters. The summed E-state index contributed by atoms with van der Waals surface area (Å²) in [6.45, 7) is 9.91. The highest BCUT2D eigenvalue weighted by Gasteiger charge is 2.34. The first kappa shape index (κ1) is 14.0. The van der Waals surface area contributed by atoms with Crippen LogP contribution >= 0.6 is 0 Å². The molecule has 2 nitrogen and oxygen atoms in total. The zero-order valence-electron chi connectivity index (χ0n) is 11.4. The van der Waals surface area contributed by atoms with Gasteiger partial charge in [0.05, 0.1) is 12.2 Å². The van der Waals surface area contributed by atoms with E-state index in [4.69, 9.17) is 10.5 Å². The topological polar surface area (TPSA) is 35.2 Å². The van der Waals surface area contributed by atoms with Gasteiger partial charge < -0.3 is 10.5 Å². The number of rotatable bonds is 4. The fraction of sp³-hybridized carbons (Fsp3) is 1.00. The molecule has 0 aromatic rings. The summed E-state index contributed by atoms with van der Waals surface area (Å²) in [4.78, 5) is 0. The SMILES string of the molecule is CCCC1OC(CC)C(CN)C(C)CC1C. The van der Waals surface area contributed by atoms with Gasteiger partial charge in [0.25, 0.3) is 0 Å². The zero-order chi connectivity index (χ0) is 12.1. The van der Waals surface area contributed by atoms with Gasteiger partial charge in [-0.05, 0) is 43.6 Å². The first-order valence-corrected chi connectivity index (χ1v) is 6.99. The Morgan fingerprint density at radius 1 is 1.12 bits per heavy atom. The number of hydrogen-bond donors (Lipinski definition) is 1. The molecular formula is C14H29NO. The van der Waals surface area contributed by atoms with Crippen molar-refractivity contribution >= 4 is 0 Å². The Balaban J connectivity index is 2.74. The summed E-state index contributed by atoms with van der Waals surface area (Å²) in [5.41, 5.74) is 5.91. The maximum Gasteiger partial charge on any atom is 0.0619 e. The van der Waals surface area contributed by atoms with Crippen LogP contribution in [0, 0.1) is 17.8 Å². The van der Waals surface area contributed by atoms with Gasteiger partial charge in [-0.2, -0.15) is 0 Å².